The molecule has 0 bridgehead atoms. The van der Waals surface area contributed by atoms with Crippen LogP contribution in [0.25, 0.3) is 10.4 Å². The van der Waals surface area contributed by atoms with Crippen molar-refractivity contribution in [1.82, 2.24) is 14.3 Å². The third-order valence-electron chi connectivity index (χ3n) is 6.76. The summed E-state index contributed by atoms with van der Waals surface area (Å²) in [5, 5.41) is 22.1. The number of carboxylic acids is 1. The van der Waals surface area contributed by atoms with Crippen molar-refractivity contribution in [2.45, 2.75) is 32.5 Å². The maximum Gasteiger partial charge on any atom is 0.235 e. The molecular weight excluding hydrogens is 486 g/mol. The van der Waals surface area contributed by atoms with E-state index in [2.05, 4.69) is 4.98 Å². The van der Waals surface area contributed by atoms with Crippen LogP contribution in [0, 0.1) is 11.8 Å². The molecule has 36 heavy (non-hydrogen) atoms. The number of imidazole rings is 1. The lowest BCUT2D eigenvalue weighted by atomic mass is 9.77. The van der Waals surface area contributed by atoms with E-state index in [1.807, 2.05) is 6.92 Å². The van der Waals surface area contributed by atoms with E-state index in [1.54, 1.807) is 39.7 Å². The minimum absolute atomic E-state index is 0.0429. The van der Waals surface area contributed by atoms with Crippen molar-refractivity contribution in [2.75, 3.05) is 6.54 Å². The van der Waals surface area contributed by atoms with Crippen LogP contribution >= 0.6 is 11.3 Å². The number of aliphatic hydroxyl groups is 1. The Morgan fingerprint density at radius 1 is 1.36 bits per heavy atom. The average Bonchev–Trinajstić information content (AvgIpc) is 3.48. The number of thiazole rings is 1. The van der Waals surface area contributed by atoms with E-state index in [4.69, 9.17) is 5.73 Å². The predicted octanol–water partition coefficient (Wildman–Crippen LogP) is -1.24. The van der Waals surface area contributed by atoms with Crippen molar-refractivity contribution >= 4 is 45.2 Å². The first-order valence-electron chi connectivity index (χ1n) is 11.3. The van der Waals surface area contributed by atoms with Gasteiger partial charge in [-0.05, 0) is 13.0 Å². The van der Waals surface area contributed by atoms with Crippen LogP contribution in [-0.4, -0.2) is 61.5 Å². The maximum atomic E-state index is 13.3. The van der Waals surface area contributed by atoms with Crippen molar-refractivity contribution < 1.29 is 34.0 Å². The lowest BCUT2D eigenvalue weighted by Crippen LogP contribution is -2.64. The molecule has 12 heteroatoms. The first kappa shape index (κ1) is 24.0. The van der Waals surface area contributed by atoms with Crippen LogP contribution in [0.1, 0.15) is 34.8 Å². The molecule has 1 saturated heterocycles. The molecule has 0 aliphatic carbocycles. The van der Waals surface area contributed by atoms with Crippen LogP contribution in [0.15, 0.2) is 42.7 Å². The maximum absolute atomic E-state index is 13.3. The third kappa shape index (κ3) is 3.56. The topological polar surface area (TPSA) is 162 Å². The van der Waals surface area contributed by atoms with Gasteiger partial charge in [-0.15, -0.1) is 11.3 Å². The summed E-state index contributed by atoms with van der Waals surface area (Å²) in [4.78, 5) is 56.2. The minimum atomic E-state index is -1.47. The van der Waals surface area contributed by atoms with E-state index in [1.165, 1.54) is 29.5 Å². The summed E-state index contributed by atoms with van der Waals surface area (Å²) in [5.41, 5.74) is 6.12. The van der Waals surface area contributed by atoms with Gasteiger partial charge in [-0.1, -0.05) is 6.92 Å². The number of hydrogen-bond donors (Lipinski definition) is 2. The fraction of sp³-hybridized carbons (Fsp3) is 0.333. The molecule has 0 aromatic carbocycles. The average molecular weight is 510 g/mol. The molecule has 11 nitrogen and oxygen atoms in total. The van der Waals surface area contributed by atoms with Crippen molar-refractivity contribution in [2.24, 2.45) is 17.6 Å². The van der Waals surface area contributed by atoms with Crippen molar-refractivity contribution in [3.05, 3.63) is 58.9 Å². The van der Waals surface area contributed by atoms with Crippen molar-refractivity contribution in [3.8, 4) is 0 Å². The summed E-state index contributed by atoms with van der Waals surface area (Å²) in [6, 6.07) is 2.80. The van der Waals surface area contributed by atoms with Gasteiger partial charge in [-0.2, -0.15) is 4.57 Å². The zero-order chi connectivity index (χ0) is 25.9. The van der Waals surface area contributed by atoms with Gasteiger partial charge < -0.3 is 25.6 Å². The lowest BCUT2D eigenvalue weighted by molar-refractivity contribution is -0.684. The molecule has 5 rings (SSSR count). The molecule has 0 saturated carbocycles. The summed E-state index contributed by atoms with van der Waals surface area (Å²) in [5.74, 6) is -3.50. The van der Waals surface area contributed by atoms with Crippen LogP contribution in [0.4, 0.5) is 0 Å². The van der Waals surface area contributed by atoms with E-state index >= 15 is 0 Å². The smallest absolute Gasteiger partial charge is 0.235 e. The van der Waals surface area contributed by atoms with Crippen LogP contribution in [-0.2, 0) is 20.9 Å². The number of aliphatic hydroxyl groups excluding tert-OH is 1. The Kier molecular flexibility index (Phi) is 5.81. The number of aliphatic carboxylic acids is 1. The van der Waals surface area contributed by atoms with Gasteiger partial charge in [0.25, 0.3) is 0 Å². The van der Waals surface area contributed by atoms with Gasteiger partial charge in [0.2, 0.25) is 24.0 Å². The number of pyridine rings is 1. The number of nitrogens with zero attached hydrogens (tertiary/aromatic N) is 4. The summed E-state index contributed by atoms with van der Waals surface area (Å²) < 4.78 is 3.21. The Morgan fingerprint density at radius 3 is 2.78 bits per heavy atom. The largest absolute Gasteiger partial charge is 0.543 e. The van der Waals surface area contributed by atoms with Crippen molar-refractivity contribution in [1.29, 1.82) is 0 Å². The molecule has 0 spiro atoms. The van der Waals surface area contributed by atoms with E-state index in [-0.39, 0.29) is 42.0 Å². The highest BCUT2D eigenvalue weighted by Gasteiger charge is 2.58. The monoisotopic (exact) mass is 509 g/mol. The molecule has 1 fully saturated rings. The highest BCUT2D eigenvalue weighted by Crippen LogP contribution is 2.51. The molecule has 2 aliphatic heterocycles. The molecule has 3 aromatic rings. The Labute approximate surface area is 209 Å². The number of aromatic nitrogens is 3. The Balaban J connectivity index is 1.52. The zero-order valence-electron chi connectivity index (χ0n) is 19.5. The number of amides is 1. The number of carbonyl (C=O) groups excluding carboxylic acids is 4. The minimum Gasteiger partial charge on any atom is -0.543 e. The first-order chi connectivity index (χ1) is 17.1. The van der Waals surface area contributed by atoms with Gasteiger partial charge in [0, 0.05) is 23.8 Å². The quantitative estimate of drug-likeness (QED) is 0.216. The van der Waals surface area contributed by atoms with Gasteiger partial charge in [0.1, 0.15) is 16.9 Å². The van der Waals surface area contributed by atoms with E-state index in [9.17, 15) is 29.4 Å². The molecule has 0 radical (unpaired) electrons. The second-order valence-electron chi connectivity index (χ2n) is 9.04. The van der Waals surface area contributed by atoms with Gasteiger partial charge in [0.05, 0.1) is 46.7 Å². The van der Waals surface area contributed by atoms with Crippen LogP contribution in [0.2, 0.25) is 0 Å². The van der Waals surface area contributed by atoms with Gasteiger partial charge in [0.15, 0.2) is 12.4 Å². The van der Waals surface area contributed by atoms with Crippen LogP contribution < -0.4 is 15.4 Å². The predicted molar refractivity (Wildman–Crippen MR) is 124 cm³/mol. The van der Waals surface area contributed by atoms with Gasteiger partial charge >= 0.3 is 0 Å². The Bertz CT molecular complexity index is 1470. The Hall–Kier alpha value is -3.74. The lowest BCUT2D eigenvalue weighted by Gasteiger charge is -2.47. The molecule has 186 valence electrons. The number of β-lactam (4-membered cyclic amide) rings is 1. The number of nitrogens with two attached hydrogens (primary N) is 1. The number of carbonyl (C=O) groups is 4. The number of rotatable bonds is 8. The second-order valence-corrected chi connectivity index (χ2v) is 10.1. The summed E-state index contributed by atoms with van der Waals surface area (Å²) in [6.45, 7) is 3.27. The van der Waals surface area contributed by atoms with E-state index in [0.29, 0.717) is 20.8 Å². The van der Waals surface area contributed by atoms with Crippen molar-refractivity contribution in [3.63, 3.8) is 0 Å². The van der Waals surface area contributed by atoms with Gasteiger partial charge in [-0.25, -0.2) is 4.98 Å². The molecular formula is C24H23N5O6S. The SMILES string of the molecule is C[C@@H](O)[C@H]1C(=O)N2C(C(=O)[O-])=C(c3cn4cnc(C(=O)c5ccc[n+](CC(=O)CN)c5)c4s3)[C@H](C)[C@H]12. The molecule has 0 unspecified atom stereocenters. The number of fused-ring (bicyclic) bond motifs is 2. The summed E-state index contributed by atoms with van der Waals surface area (Å²) in [7, 11) is 0. The molecule has 2 aliphatic rings. The fourth-order valence-corrected chi connectivity index (χ4v) is 6.34. The normalized spacial score (nSPS) is 22.1. The summed E-state index contributed by atoms with van der Waals surface area (Å²) >= 11 is 1.19. The highest BCUT2D eigenvalue weighted by molar-refractivity contribution is 7.18. The standard InChI is InChI=1S/C24H23N5O6S/c1-11-16(20(24(34)35)29-19(11)17(12(2)30)22(29)33)15-9-28-10-26-18(23(28)36-15)21(32)13-4-3-5-27(7-13)8-14(31)6-25/h3-5,7,9-12,17,19,30H,6,8,25H2,1-2H3/t11-,12+,17+,19+/m0/s1. The molecule has 5 heterocycles. The molecule has 4 atom stereocenters. The van der Waals surface area contributed by atoms with Crippen LogP contribution in [0.3, 0.4) is 0 Å². The number of hydrogen-bond acceptors (Lipinski definition) is 9. The first-order valence-corrected chi connectivity index (χ1v) is 12.1. The molecule has 3 N–H and O–H groups in total. The highest BCUT2D eigenvalue weighted by atomic mass is 32.1. The fourth-order valence-electron chi connectivity index (χ4n) is 5.12. The summed E-state index contributed by atoms with van der Waals surface area (Å²) in [6.07, 6.45) is 5.45. The number of ketones is 2. The van der Waals surface area contributed by atoms with Crippen LogP contribution in [0.5, 0.6) is 0 Å². The van der Waals surface area contributed by atoms with Gasteiger partial charge in [-0.3, -0.25) is 18.8 Å². The Morgan fingerprint density at radius 2 is 2.11 bits per heavy atom. The number of Topliss-reactive ketones (excluding diaryl/α,β-unsaturated/α-hetero) is 1. The third-order valence-corrected chi connectivity index (χ3v) is 7.91. The second kappa shape index (κ2) is 8.73. The van der Waals surface area contributed by atoms with E-state index < -0.39 is 29.9 Å². The molecule has 3 aromatic heterocycles. The molecule has 1 amide bonds. The van der Waals surface area contributed by atoms with E-state index in [0.717, 1.165) is 0 Å². The number of carboxylic acid groups (broad SMARTS) is 1. The zero-order valence-corrected chi connectivity index (χ0v) is 20.3.